The smallest absolute Gasteiger partial charge is 0.0947 e. The maximum absolute atomic E-state index is 5.21. The zero-order valence-electron chi connectivity index (χ0n) is 12.0. The van der Waals surface area contributed by atoms with Crippen LogP contribution < -0.4 is 5.32 Å². The van der Waals surface area contributed by atoms with Gasteiger partial charge in [0.25, 0.3) is 0 Å². The third kappa shape index (κ3) is 3.03. The first-order valence-corrected chi connectivity index (χ1v) is 7.87. The summed E-state index contributed by atoms with van der Waals surface area (Å²) in [6.07, 6.45) is 11.8. The van der Waals surface area contributed by atoms with Gasteiger partial charge in [0.05, 0.1) is 12.5 Å². The van der Waals surface area contributed by atoms with Crippen LogP contribution in [0.3, 0.4) is 0 Å². The number of hydrogen-bond donors (Lipinski definition) is 1. The predicted molar refractivity (Wildman–Crippen MR) is 77.0 cm³/mol. The van der Waals surface area contributed by atoms with Crippen LogP contribution in [0.25, 0.3) is 0 Å². The molecule has 3 heteroatoms. The van der Waals surface area contributed by atoms with Crippen LogP contribution >= 0.6 is 0 Å². The van der Waals surface area contributed by atoms with E-state index < -0.39 is 0 Å². The molecule has 2 atom stereocenters. The summed E-state index contributed by atoms with van der Waals surface area (Å²) in [4.78, 5) is 2.73. The molecule has 2 bridgehead atoms. The molecule has 19 heavy (non-hydrogen) atoms. The minimum Gasteiger partial charge on any atom is -0.472 e. The highest BCUT2D eigenvalue weighted by Crippen LogP contribution is 2.35. The van der Waals surface area contributed by atoms with E-state index in [9.17, 15) is 0 Å². The van der Waals surface area contributed by atoms with Crippen LogP contribution in [0.1, 0.15) is 51.0 Å². The van der Waals surface area contributed by atoms with Crippen molar-refractivity contribution < 1.29 is 4.42 Å². The predicted octanol–water partition coefficient (Wildman–Crippen LogP) is 3.16. The largest absolute Gasteiger partial charge is 0.472 e. The average Bonchev–Trinajstić information content (AvgIpc) is 2.89. The molecule has 0 saturated carbocycles. The maximum atomic E-state index is 5.21. The Morgan fingerprint density at radius 2 is 2.11 bits per heavy atom. The van der Waals surface area contributed by atoms with Gasteiger partial charge in [-0.05, 0) is 44.7 Å². The molecule has 0 aromatic carbocycles. The number of hydrogen-bond acceptors (Lipinski definition) is 3. The molecule has 1 N–H and O–H groups in total. The van der Waals surface area contributed by atoms with Gasteiger partial charge in [0, 0.05) is 30.2 Å². The molecule has 2 saturated heterocycles. The van der Waals surface area contributed by atoms with Crippen molar-refractivity contribution in [3.63, 3.8) is 0 Å². The van der Waals surface area contributed by atoms with E-state index in [0.29, 0.717) is 0 Å². The van der Waals surface area contributed by atoms with Crippen molar-refractivity contribution >= 4 is 0 Å². The van der Waals surface area contributed by atoms with Crippen LogP contribution in [0.4, 0.5) is 0 Å². The first-order valence-electron chi connectivity index (χ1n) is 7.87. The second-order valence-electron chi connectivity index (χ2n) is 6.16. The Morgan fingerprint density at radius 3 is 2.74 bits per heavy atom. The molecule has 0 radical (unpaired) electrons. The van der Waals surface area contributed by atoms with Crippen molar-refractivity contribution in [3.8, 4) is 0 Å². The minimum absolute atomic E-state index is 0.746. The lowest BCUT2D eigenvalue weighted by atomic mass is 9.81. The zero-order chi connectivity index (χ0) is 13.1. The fourth-order valence-electron chi connectivity index (χ4n) is 3.85. The van der Waals surface area contributed by atoms with Gasteiger partial charge < -0.3 is 9.73 Å². The maximum Gasteiger partial charge on any atom is 0.0947 e. The molecule has 3 nitrogen and oxygen atoms in total. The Kier molecular flexibility index (Phi) is 4.24. The fraction of sp³-hybridized carbons (Fsp3) is 0.750. The second-order valence-corrected chi connectivity index (χ2v) is 6.16. The quantitative estimate of drug-likeness (QED) is 0.883. The van der Waals surface area contributed by atoms with Crippen LogP contribution in [0.15, 0.2) is 23.0 Å². The lowest BCUT2D eigenvalue weighted by molar-refractivity contribution is 0.0176. The van der Waals surface area contributed by atoms with E-state index in [2.05, 4.69) is 23.2 Å². The van der Waals surface area contributed by atoms with Gasteiger partial charge in [-0.15, -0.1) is 0 Å². The first-order chi connectivity index (χ1) is 9.36. The van der Waals surface area contributed by atoms with E-state index in [1.165, 1.54) is 50.6 Å². The molecule has 3 heterocycles. The lowest BCUT2D eigenvalue weighted by Crippen LogP contribution is -2.55. The van der Waals surface area contributed by atoms with Crippen molar-refractivity contribution in [2.45, 2.75) is 70.1 Å². The van der Waals surface area contributed by atoms with E-state index in [1.807, 2.05) is 6.26 Å². The Bertz CT molecular complexity index is 362. The number of fused-ring (bicyclic) bond motifs is 2. The van der Waals surface area contributed by atoms with Crippen molar-refractivity contribution in [1.29, 1.82) is 0 Å². The Hall–Kier alpha value is -0.800. The molecular formula is C16H26N2O. The third-order valence-corrected chi connectivity index (χ3v) is 4.75. The highest BCUT2D eigenvalue weighted by atomic mass is 16.3. The minimum atomic E-state index is 0.746. The van der Waals surface area contributed by atoms with E-state index in [0.717, 1.165) is 24.7 Å². The van der Waals surface area contributed by atoms with Crippen molar-refractivity contribution in [1.82, 2.24) is 10.2 Å². The van der Waals surface area contributed by atoms with E-state index in [4.69, 9.17) is 4.42 Å². The summed E-state index contributed by atoms with van der Waals surface area (Å²) in [6.45, 7) is 4.50. The standard InChI is InChI=1S/C16H26N2O/c1-2-7-17-14-9-15-4-3-5-16(10-14)18(15)11-13-6-8-19-12-13/h6,8,12,14-17H,2-5,7,9-11H2,1H3. The van der Waals surface area contributed by atoms with Crippen LogP contribution in [0.5, 0.6) is 0 Å². The first kappa shape index (κ1) is 13.2. The zero-order valence-corrected chi connectivity index (χ0v) is 12.0. The Labute approximate surface area is 116 Å². The number of furan rings is 1. The molecule has 1 aromatic heterocycles. The van der Waals surface area contributed by atoms with Gasteiger partial charge in [0.15, 0.2) is 0 Å². The molecule has 0 amide bonds. The van der Waals surface area contributed by atoms with Crippen molar-refractivity contribution in [2.75, 3.05) is 6.54 Å². The number of rotatable bonds is 5. The third-order valence-electron chi connectivity index (χ3n) is 4.75. The molecule has 3 rings (SSSR count). The average molecular weight is 262 g/mol. The van der Waals surface area contributed by atoms with Gasteiger partial charge in [-0.1, -0.05) is 13.3 Å². The molecule has 1 aromatic rings. The van der Waals surface area contributed by atoms with Gasteiger partial charge >= 0.3 is 0 Å². The van der Waals surface area contributed by atoms with Gasteiger partial charge in [-0.25, -0.2) is 0 Å². The summed E-state index contributed by atoms with van der Waals surface area (Å²) in [7, 11) is 0. The summed E-state index contributed by atoms with van der Waals surface area (Å²) in [5, 5.41) is 3.73. The molecule has 2 fully saturated rings. The normalized spacial score (nSPS) is 31.5. The van der Waals surface area contributed by atoms with Crippen LogP contribution in [0, 0.1) is 0 Å². The highest BCUT2D eigenvalue weighted by molar-refractivity contribution is 5.07. The number of nitrogens with one attached hydrogen (secondary N) is 1. The van der Waals surface area contributed by atoms with Gasteiger partial charge in [-0.2, -0.15) is 0 Å². The van der Waals surface area contributed by atoms with Crippen molar-refractivity contribution in [3.05, 3.63) is 24.2 Å². The summed E-state index contributed by atoms with van der Waals surface area (Å²) >= 11 is 0. The molecule has 2 unspecified atom stereocenters. The molecule has 0 aliphatic carbocycles. The molecular weight excluding hydrogens is 236 g/mol. The van der Waals surface area contributed by atoms with E-state index >= 15 is 0 Å². The monoisotopic (exact) mass is 262 g/mol. The Morgan fingerprint density at radius 1 is 1.32 bits per heavy atom. The highest BCUT2D eigenvalue weighted by Gasteiger charge is 2.37. The van der Waals surface area contributed by atoms with E-state index in [-0.39, 0.29) is 0 Å². The fourth-order valence-corrected chi connectivity index (χ4v) is 3.85. The molecule has 2 aliphatic rings. The molecule has 2 aliphatic heterocycles. The molecule has 106 valence electrons. The SMILES string of the molecule is CCCNC1CC2CCCC(C1)N2Cc1ccoc1. The van der Waals surface area contributed by atoms with Crippen LogP contribution in [0.2, 0.25) is 0 Å². The summed E-state index contributed by atoms with van der Waals surface area (Å²) in [5.41, 5.74) is 1.33. The van der Waals surface area contributed by atoms with Crippen molar-refractivity contribution in [2.24, 2.45) is 0 Å². The number of piperidine rings is 2. The summed E-state index contributed by atoms with van der Waals surface area (Å²) in [6, 6.07) is 4.40. The second kappa shape index (κ2) is 6.10. The molecule has 0 spiro atoms. The lowest BCUT2D eigenvalue weighted by Gasteiger charge is -2.49. The topological polar surface area (TPSA) is 28.4 Å². The van der Waals surface area contributed by atoms with Gasteiger partial charge in [0.2, 0.25) is 0 Å². The number of nitrogens with zero attached hydrogens (tertiary/aromatic N) is 1. The van der Waals surface area contributed by atoms with Gasteiger partial charge in [-0.3, -0.25) is 4.90 Å². The van der Waals surface area contributed by atoms with E-state index in [1.54, 1.807) is 6.26 Å². The Balaban J connectivity index is 1.63. The van der Waals surface area contributed by atoms with Gasteiger partial charge in [0.1, 0.15) is 0 Å². The van der Waals surface area contributed by atoms with Crippen LogP contribution in [-0.4, -0.2) is 29.6 Å². The summed E-state index contributed by atoms with van der Waals surface area (Å²) in [5.74, 6) is 0. The summed E-state index contributed by atoms with van der Waals surface area (Å²) < 4.78 is 5.21. The van der Waals surface area contributed by atoms with Crippen LogP contribution in [-0.2, 0) is 6.54 Å².